The van der Waals surface area contributed by atoms with Crippen molar-refractivity contribution in [3.8, 4) is 0 Å². The summed E-state index contributed by atoms with van der Waals surface area (Å²) in [7, 11) is 0. The Labute approximate surface area is 112 Å². The van der Waals surface area contributed by atoms with Gasteiger partial charge in [0.1, 0.15) is 0 Å². The maximum Gasteiger partial charge on any atom is 0.347 e. The molecular weight excluding hydrogens is 246 g/mol. The standard InChI is InChI=1S/C14H19NO4/c1-3-5-12(14(17)18-4-2)19-13(16)10-6-8-11(15)9-7-10/h6-9,12H,3-5,15H2,1-2H3. The van der Waals surface area contributed by atoms with Gasteiger partial charge in [-0.1, -0.05) is 13.3 Å². The van der Waals surface area contributed by atoms with E-state index in [2.05, 4.69) is 0 Å². The number of anilines is 1. The molecule has 0 radical (unpaired) electrons. The van der Waals surface area contributed by atoms with Gasteiger partial charge in [0.05, 0.1) is 12.2 Å². The van der Waals surface area contributed by atoms with Crippen molar-refractivity contribution in [3.63, 3.8) is 0 Å². The number of hydrogen-bond acceptors (Lipinski definition) is 5. The quantitative estimate of drug-likeness (QED) is 0.630. The molecule has 5 heteroatoms. The van der Waals surface area contributed by atoms with E-state index in [4.69, 9.17) is 15.2 Å². The summed E-state index contributed by atoms with van der Waals surface area (Å²) in [4.78, 5) is 23.5. The zero-order chi connectivity index (χ0) is 14.3. The summed E-state index contributed by atoms with van der Waals surface area (Å²) in [6.45, 7) is 3.88. The number of nitrogens with two attached hydrogens (primary N) is 1. The zero-order valence-corrected chi connectivity index (χ0v) is 11.2. The molecule has 0 amide bonds. The maximum absolute atomic E-state index is 11.9. The molecule has 19 heavy (non-hydrogen) atoms. The Hall–Kier alpha value is -2.04. The van der Waals surface area contributed by atoms with Gasteiger partial charge in [0.25, 0.3) is 0 Å². The molecule has 0 aromatic heterocycles. The molecule has 104 valence electrons. The summed E-state index contributed by atoms with van der Waals surface area (Å²) < 4.78 is 10.1. The molecule has 1 aromatic carbocycles. The number of ether oxygens (including phenoxy) is 2. The zero-order valence-electron chi connectivity index (χ0n) is 11.2. The van der Waals surface area contributed by atoms with Crippen molar-refractivity contribution < 1.29 is 19.1 Å². The van der Waals surface area contributed by atoms with Crippen molar-refractivity contribution in [1.29, 1.82) is 0 Å². The Morgan fingerprint density at radius 3 is 2.37 bits per heavy atom. The third kappa shape index (κ3) is 4.62. The van der Waals surface area contributed by atoms with Crippen LogP contribution in [0.25, 0.3) is 0 Å². The van der Waals surface area contributed by atoms with Gasteiger partial charge in [-0.15, -0.1) is 0 Å². The van der Waals surface area contributed by atoms with Crippen molar-refractivity contribution in [1.82, 2.24) is 0 Å². The van der Waals surface area contributed by atoms with Crippen molar-refractivity contribution in [2.75, 3.05) is 12.3 Å². The normalized spacial score (nSPS) is 11.7. The van der Waals surface area contributed by atoms with Crippen LogP contribution in [0.5, 0.6) is 0 Å². The van der Waals surface area contributed by atoms with Crippen LogP contribution in [-0.4, -0.2) is 24.6 Å². The van der Waals surface area contributed by atoms with Crippen molar-refractivity contribution in [3.05, 3.63) is 29.8 Å². The monoisotopic (exact) mass is 265 g/mol. The molecule has 0 heterocycles. The Bertz CT molecular complexity index is 428. The maximum atomic E-state index is 11.9. The lowest BCUT2D eigenvalue weighted by molar-refractivity contribution is -0.153. The van der Waals surface area contributed by atoms with E-state index in [1.54, 1.807) is 31.2 Å². The van der Waals surface area contributed by atoms with E-state index in [9.17, 15) is 9.59 Å². The average molecular weight is 265 g/mol. The van der Waals surface area contributed by atoms with Crippen LogP contribution in [0.3, 0.4) is 0 Å². The summed E-state index contributed by atoms with van der Waals surface area (Å²) in [5.74, 6) is -1.06. The summed E-state index contributed by atoms with van der Waals surface area (Å²) in [5.41, 5.74) is 6.46. The summed E-state index contributed by atoms with van der Waals surface area (Å²) >= 11 is 0. The van der Waals surface area contributed by atoms with Gasteiger partial charge in [-0.25, -0.2) is 9.59 Å². The molecule has 2 N–H and O–H groups in total. The molecule has 0 fully saturated rings. The van der Waals surface area contributed by atoms with Crippen LogP contribution in [0.1, 0.15) is 37.0 Å². The van der Waals surface area contributed by atoms with E-state index in [-0.39, 0.29) is 6.61 Å². The molecule has 1 atom stereocenters. The molecule has 0 aliphatic rings. The fraction of sp³-hybridized carbons (Fsp3) is 0.429. The second kappa shape index (κ2) is 7.41. The SMILES string of the molecule is CCCC(OC(=O)c1ccc(N)cc1)C(=O)OCC. The third-order valence-electron chi connectivity index (χ3n) is 2.50. The lowest BCUT2D eigenvalue weighted by atomic mass is 10.2. The molecule has 0 aliphatic heterocycles. The summed E-state index contributed by atoms with van der Waals surface area (Å²) in [6.07, 6.45) is 0.313. The summed E-state index contributed by atoms with van der Waals surface area (Å²) in [6, 6.07) is 6.34. The highest BCUT2D eigenvalue weighted by Gasteiger charge is 2.23. The molecule has 5 nitrogen and oxygen atoms in total. The van der Waals surface area contributed by atoms with E-state index >= 15 is 0 Å². The van der Waals surface area contributed by atoms with Crippen LogP contribution in [0.15, 0.2) is 24.3 Å². The number of esters is 2. The number of carbonyl (C=O) groups is 2. The molecule has 0 saturated heterocycles. The predicted molar refractivity (Wildman–Crippen MR) is 71.6 cm³/mol. The number of nitrogen functional groups attached to an aromatic ring is 1. The van der Waals surface area contributed by atoms with Gasteiger partial charge in [0, 0.05) is 5.69 Å². The second-order valence-corrected chi connectivity index (χ2v) is 4.06. The van der Waals surface area contributed by atoms with Gasteiger partial charge in [0.2, 0.25) is 0 Å². The number of hydrogen-bond donors (Lipinski definition) is 1. The minimum absolute atomic E-state index is 0.262. The molecule has 0 spiro atoms. The Morgan fingerprint density at radius 2 is 1.84 bits per heavy atom. The van der Waals surface area contributed by atoms with Gasteiger partial charge in [-0.2, -0.15) is 0 Å². The van der Waals surface area contributed by atoms with Crippen molar-refractivity contribution in [2.24, 2.45) is 0 Å². The average Bonchev–Trinajstić information content (AvgIpc) is 2.39. The largest absolute Gasteiger partial charge is 0.463 e. The van der Waals surface area contributed by atoms with Gasteiger partial charge < -0.3 is 15.2 Å². The third-order valence-corrected chi connectivity index (χ3v) is 2.50. The Morgan fingerprint density at radius 1 is 1.21 bits per heavy atom. The highest BCUT2D eigenvalue weighted by Crippen LogP contribution is 2.11. The van der Waals surface area contributed by atoms with E-state index in [0.29, 0.717) is 17.7 Å². The van der Waals surface area contributed by atoms with Gasteiger partial charge >= 0.3 is 11.9 Å². The first-order chi connectivity index (χ1) is 9.08. The Kier molecular flexibility index (Phi) is 5.85. The molecule has 0 bridgehead atoms. The molecule has 0 aliphatic carbocycles. The van der Waals surface area contributed by atoms with Crippen LogP contribution in [0.4, 0.5) is 5.69 Å². The Balaban J connectivity index is 2.70. The predicted octanol–water partition coefficient (Wildman–Crippen LogP) is 2.16. The fourth-order valence-corrected chi connectivity index (χ4v) is 1.54. The lowest BCUT2D eigenvalue weighted by Gasteiger charge is -2.15. The first-order valence-electron chi connectivity index (χ1n) is 6.31. The second-order valence-electron chi connectivity index (χ2n) is 4.06. The number of rotatable bonds is 6. The van der Waals surface area contributed by atoms with Crippen LogP contribution < -0.4 is 5.73 Å². The minimum atomic E-state index is -0.852. The first-order valence-corrected chi connectivity index (χ1v) is 6.31. The van der Waals surface area contributed by atoms with Crippen molar-refractivity contribution >= 4 is 17.6 Å². The molecule has 0 saturated carbocycles. The van der Waals surface area contributed by atoms with E-state index < -0.39 is 18.0 Å². The highest BCUT2D eigenvalue weighted by atomic mass is 16.6. The minimum Gasteiger partial charge on any atom is -0.463 e. The molecular formula is C14H19NO4. The van der Waals surface area contributed by atoms with E-state index in [1.165, 1.54) is 0 Å². The first kappa shape index (κ1) is 15.0. The van der Waals surface area contributed by atoms with E-state index in [1.807, 2.05) is 6.92 Å². The van der Waals surface area contributed by atoms with E-state index in [0.717, 1.165) is 6.42 Å². The topological polar surface area (TPSA) is 78.6 Å². The van der Waals surface area contributed by atoms with Crippen LogP contribution >= 0.6 is 0 Å². The van der Waals surface area contributed by atoms with Gasteiger partial charge in [0.15, 0.2) is 6.10 Å². The van der Waals surface area contributed by atoms with Crippen LogP contribution in [0, 0.1) is 0 Å². The smallest absolute Gasteiger partial charge is 0.347 e. The van der Waals surface area contributed by atoms with Crippen LogP contribution in [-0.2, 0) is 14.3 Å². The summed E-state index contributed by atoms with van der Waals surface area (Å²) in [5, 5.41) is 0. The van der Waals surface area contributed by atoms with Crippen LogP contribution in [0.2, 0.25) is 0 Å². The van der Waals surface area contributed by atoms with Crippen molar-refractivity contribution in [2.45, 2.75) is 32.8 Å². The van der Waals surface area contributed by atoms with Gasteiger partial charge in [-0.05, 0) is 37.6 Å². The molecule has 1 rings (SSSR count). The highest BCUT2D eigenvalue weighted by molar-refractivity contribution is 5.91. The molecule has 1 unspecified atom stereocenters. The number of benzene rings is 1. The van der Waals surface area contributed by atoms with Gasteiger partial charge in [-0.3, -0.25) is 0 Å². The lowest BCUT2D eigenvalue weighted by Crippen LogP contribution is -2.29. The molecule has 1 aromatic rings. The fourth-order valence-electron chi connectivity index (χ4n) is 1.54. The number of carbonyl (C=O) groups excluding carboxylic acids is 2.